The summed E-state index contributed by atoms with van der Waals surface area (Å²) >= 11 is 3.84. The van der Waals surface area contributed by atoms with Gasteiger partial charge in [0.1, 0.15) is 17.0 Å². The predicted octanol–water partition coefficient (Wildman–Crippen LogP) is 5.20. The Hall–Kier alpha value is -4.38. The van der Waals surface area contributed by atoms with E-state index in [4.69, 9.17) is 33.2 Å². The summed E-state index contributed by atoms with van der Waals surface area (Å²) < 4.78 is 38.9. The van der Waals surface area contributed by atoms with Crippen LogP contribution in [0.3, 0.4) is 0 Å². The van der Waals surface area contributed by atoms with Gasteiger partial charge in [-0.3, -0.25) is 9.59 Å². The van der Waals surface area contributed by atoms with E-state index in [1.54, 1.807) is 0 Å². The van der Waals surface area contributed by atoms with E-state index in [1.165, 1.54) is 21.3 Å². The lowest BCUT2D eigenvalue weighted by molar-refractivity contribution is -0.153. The van der Waals surface area contributed by atoms with Crippen molar-refractivity contribution in [1.82, 2.24) is 4.98 Å². The van der Waals surface area contributed by atoms with Crippen molar-refractivity contribution in [2.24, 2.45) is 5.92 Å². The van der Waals surface area contributed by atoms with Crippen LogP contribution in [0, 0.1) is 5.92 Å². The van der Waals surface area contributed by atoms with E-state index in [0.29, 0.717) is 39.9 Å². The van der Waals surface area contributed by atoms with Crippen LogP contribution in [0.5, 0.6) is 28.7 Å². The van der Waals surface area contributed by atoms with Crippen LogP contribution < -0.4 is 23.7 Å². The molecule has 3 aromatic carbocycles. The van der Waals surface area contributed by atoms with Gasteiger partial charge in [0.2, 0.25) is 12.5 Å². The van der Waals surface area contributed by atoms with Gasteiger partial charge in [-0.25, -0.2) is 0 Å². The standard InChI is InChI=1S/C32H28BrNO9/c1-37-25-8-16(9-26(38-2)30(25)39-3)28-19-11-23-24(42-15-41-23)12-20(19)29(21-14-40-31(36)32(21,28)33)43-27(35)10-17-13-34-22-7-5-4-6-18(17)22/h4-9,11-13,21,28-29,34H,10,14-15H2,1-3H3/t21-,28-,29+,32+/m1/s1. The molecule has 43 heavy (non-hydrogen) atoms. The number of hydrogen-bond acceptors (Lipinski definition) is 9. The molecular weight excluding hydrogens is 622 g/mol. The first-order valence-electron chi connectivity index (χ1n) is 13.7. The highest BCUT2D eigenvalue weighted by Crippen LogP contribution is 2.61. The Bertz CT molecular complexity index is 1740. The minimum atomic E-state index is -1.29. The third-order valence-corrected chi connectivity index (χ3v) is 9.89. The molecule has 1 N–H and O–H groups in total. The fraction of sp³-hybridized carbons (Fsp3) is 0.312. The number of fused-ring (bicyclic) bond motifs is 4. The van der Waals surface area contributed by atoms with Gasteiger partial charge < -0.3 is 38.1 Å². The molecule has 0 amide bonds. The van der Waals surface area contributed by atoms with Crippen molar-refractivity contribution in [3.05, 3.63) is 77.0 Å². The summed E-state index contributed by atoms with van der Waals surface area (Å²) in [5.41, 5.74) is 3.88. The molecule has 0 spiro atoms. The number of carbonyl (C=O) groups is 2. The molecule has 1 aromatic heterocycles. The van der Waals surface area contributed by atoms with Crippen LogP contribution in [-0.2, 0) is 25.5 Å². The van der Waals surface area contributed by atoms with Crippen LogP contribution in [0.1, 0.15) is 34.3 Å². The maximum Gasteiger partial charge on any atom is 0.324 e. The Morgan fingerprint density at radius 1 is 0.977 bits per heavy atom. The zero-order chi connectivity index (χ0) is 29.9. The number of alkyl halides is 1. The summed E-state index contributed by atoms with van der Waals surface area (Å²) in [6.07, 6.45) is 1.05. The third-order valence-electron chi connectivity index (χ3n) is 8.52. The quantitative estimate of drug-likeness (QED) is 0.213. The number of hydrogen-bond donors (Lipinski definition) is 1. The molecule has 7 rings (SSSR count). The fourth-order valence-corrected chi connectivity index (χ4v) is 7.55. The molecule has 4 atom stereocenters. The van der Waals surface area contributed by atoms with E-state index in [0.717, 1.165) is 22.0 Å². The van der Waals surface area contributed by atoms with E-state index in [9.17, 15) is 9.59 Å². The molecule has 0 bridgehead atoms. The van der Waals surface area contributed by atoms with Gasteiger partial charge in [-0.1, -0.05) is 34.1 Å². The summed E-state index contributed by atoms with van der Waals surface area (Å²) in [5.74, 6) is 0.298. The van der Waals surface area contributed by atoms with Crippen molar-refractivity contribution >= 4 is 38.8 Å². The van der Waals surface area contributed by atoms with Crippen LogP contribution in [0.15, 0.2) is 54.7 Å². The lowest BCUT2D eigenvalue weighted by Crippen LogP contribution is -2.48. The van der Waals surface area contributed by atoms with Gasteiger partial charge in [-0.05, 0) is 47.0 Å². The van der Waals surface area contributed by atoms with E-state index in [2.05, 4.69) is 20.9 Å². The summed E-state index contributed by atoms with van der Waals surface area (Å²) in [4.78, 5) is 30.4. The number of carbonyl (C=O) groups excluding carboxylic acids is 2. The first-order chi connectivity index (χ1) is 20.9. The second kappa shape index (κ2) is 10.4. The smallest absolute Gasteiger partial charge is 0.324 e. The van der Waals surface area contributed by atoms with Crippen LogP contribution in [0.4, 0.5) is 0 Å². The molecule has 0 saturated carbocycles. The minimum Gasteiger partial charge on any atom is -0.493 e. The Balaban J connectivity index is 1.36. The van der Waals surface area contributed by atoms with Gasteiger partial charge in [-0.15, -0.1) is 0 Å². The first-order valence-corrected chi connectivity index (χ1v) is 14.5. The highest BCUT2D eigenvalue weighted by molar-refractivity contribution is 9.10. The van der Waals surface area contributed by atoms with Crippen molar-refractivity contribution in [3.8, 4) is 28.7 Å². The van der Waals surface area contributed by atoms with Crippen LogP contribution >= 0.6 is 15.9 Å². The number of ether oxygens (including phenoxy) is 7. The molecule has 10 nitrogen and oxygen atoms in total. The summed E-state index contributed by atoms with van der Waals surface area (Å²) in [6, 6.07) is 15.1. The maximum atomic E-state index is 13.7. The van der Waals surface area contributed by atoms with Gasteiger partial charge in [0, 0.05) is 28.6 Å². The van der Waals surface area contributed by atoms with Crippen LogP contribution in [0.2, 0.25) is 0 Å². The zero-order valence-electron chi connectivity index (χ0n) is 23.6. The molecule has 4 aromatic rings. The van der Waals surface area contributed by atoms with Gasteiger partial charge in [0.25, 0.3) is 0 Å². The topological polar surface area (TPSA) is 115 Å². The lowest BCUT2D eigenvalue weighted by atomic mass is 9.66. The maximum absolute atomic E-state index is 13.7. The molecule has 1 fully saturated rings. The molecule has 3 aliphatic rings. The number of esters is 2. The van der Waals surface area contributed by atoms with E-state index in [1.807, 2.05) is 54.7 Å². The van der Waals surface area contributed by atoms with Crippen molar-refractivity contribution in [2.45, 2.75) is 22.8 Å². The van der Waals surface area contributed by atoms with Gasteiger partial charge in [0.05, 0.1) is 33.7 Å². The molecule has 3 heterocycles. The highest BCUT2D eigenvalue weighted by atomic mass is 79.9. The second-order valence-corrected chi connectivity index (χ2v) is 12.0. The molecular formula is C32H28BrNO9. The number of halogens is 1. The third kappa shape index (κ3) is 4.20. The van der Waals surface area contributed by atoms with Crippen molar-refractivity contribution < 1.29 is 42.7 Å². The average Bonchev–Trinajstić information content (AvgIpc) is 3.73. The van der Waals surface area contributed by atoms with E-state index < -0.39 is 34.2 Å². The van der Waals surface area contributed by atoms with Gasteiger partial charge in [0.15, 0.2) is 23.0 Å². The highest BCUT2D eigenvalue weighted by Gasteiger charge is 2.64. The molecule has 11 heteroatoms. The summed E-state index contributed by atoms with van der Waals surface area (Å²) in [7, 11) is 4.60. The minimum absolute atomic E-state index is 0.0456. The number of benzene rings is 3. The number of cyclic esters (lactones) is 1. The fourth-order valence-electron chi connectivity index (χ4n) is 6.55. The normalized spacial score (nSPS) is 23.3. The van der Waals surface area contributed by atoms with Crippen molar-refractivity contribution in [2.75, 3.05) is 34.7 Å². The van der Waals surface area contributed by atoms with Crippen molar-refractivity contribution in [1.29, 1.82) is 0 Å². The Morgan fingerprint density at radius 2 is 1.67 bits per heavy atom. The zero-order valence-corrected chi connectivity index (χ0v) is 25.2. The largest absolute Gasteiger partial charge is 0.493 e. The van der Waals surface area contributed by atoms with Crippen molar-refractivity contribution in [3.63, 3.8) is 0 Å². The molecule has 1 aliphatic carbocycles. The molecule has 1 saturated heterocycles. The Morgan fingerprint density at radius 3 is 2.37 bits per heavy atom. The number of para-hydroxylation sites is 1. The Kier molecular flexibility index (Phi) is 6.65. The number of nitrogens with one attached hydrogen (secondary N) is 1. The Labute approximate surface area is 255 Å². The number of rotatable bonds is 7. The number of H-pyrrole nitrogens is 1. The van der Waals surface area contributed by atoms with Crippen LogP contribution in [-0.4, -0.2) is 56.0 Å². The number of aromatic amines is 1. The monoisotopic (exact) mass is 649 g/mol. The summed E-state index contributed by atoms with van der Waals surface area (Å²) in [5, 5.41) is 0.948. The molecule has 222 valence electrons. The van der Waals surface area contributed by atoms with E-state index in [-0.39, 0.29) is 19.8 Å². The van der Waals surface area contributed by atoms with Gasteiger partial charge in [-0.2, -0.15) is 0 Å². The lowest BCUT2D eigenvalue weighted by Gasteiger charge is -2.43. The molecule has 0 radical (unpaired) electrons. The molecule has 0 unspecified atom stereocenters. The van der Waals surface area contributed by atoms with E-state index >= 15 is 0 Å². The average molecular weight is 650 g/mol. The SMILES string of the molecule is COc1cc([C@@H]2c3cc4c(cc3[C@H](OC(=O)Cc3c[nH]c5ccccc35)[C@H]3COC(=O)[C@@]23Br)OCO4)cc(OC)c1OC. The van der Waals surface area contributed by atoms with Gasteiger partial charge >= 0.3 is 11.9 Å². The predicted molar refractivity (Wildman–Crippen MR) is 157 cm³/mol. The van der Waals surface area contributed by atoms with Crippen LogP contribution in [0.25, 0.3) is 10.9 Å². The second-order valence-electron chi connectivity index (χ2n) is 10.6. The number of methoxy groups -OCH3 is 3. The first kappa shape index (κ1) is 27.5. The molecule has 2 aliphatic heterocycles. The summed E-state index contributed by atoms with van der Waals surface area (Å²) in [6.45, 7) is 0.104. The number of aromatic nitrogens is 1.